The van der Waals surface area contributed by atoms with Crippen LogP contribution in [-0.2, 0) is 6.61 Å². The van der Waals surface area contributed by atoms with E-state index in [1.165, 1.54) is 6.07 Å². The Morgan fingerprint density at radius 2 is 2.13 bits per heavy atom. The van der Waals surface area contributed by atoms with Crippen LogP contribution in [0.1, 0.15) is 23.7 Å². The highest BCUT2D eigenvalue weighted by molar-refractivity contribution is 6.01. The minimum Gasteiger partial charge on any atom is -0.472 e. The molecular formula is C17H18FN3O2. The van der Waals surface area contributed by atoms with Crippen LogP contribution in [-0.4, -0.2) is 33.5 Å². The van der Waals surface area contributed by atoms with Crippen LogP contribution in [0.5, 0.6) is 5.88 Å². The van der Waals surface area contributed by atoms with Gasteiger partial charge in [0.05, 0.1) is 5.56 Å². The summed E-state index contributed by atoms with van der Waals surface area (Å²) in [4.78, 5) is 6.29. The Kier molecular flexibility index (Phi) is 4.14. The third kappa shape index (κ3) is 3.26. The Bertz CT molecular complexity index is 748. The summed E-state index contributed by atoms with van der Waals surface area (Å²) in [6.45, 7) is 4.76. The summed E-state index contributed by atoms with van der Waals surface area (Å²) in [5, 5.41) is 12.7. The molecule has 5 nitrogen and oxygen atoms in total. The van der Waals surface area contributed by atoms with Crippen LogP contribution in [0.25, 0.3) is 0 Å². The summed E-state index contributed by atoms with van der Waals surface area (Å²) < 4.78 is 19.4. The molecule has 0 bridgehead atoms. The lowest BCUT2D eigenvalue weighted by molar-refractivity contribution is 0.285. The second-order valence-electron chi connectivity index (χ2n) is 5.61. The Labute approximate surface area is 134 Å². The average molecular weight is 315 g/mol. The van der Waals surface area contributed by atoms with Crippen LogP contribution in [0.15, 0.2) is 41.6 Å². The van der Waals surface area contributed by atoms with Crippen molar-refractivity contribution in [2.45, 2.75) is 26.5 Å². The van der Waals surface area contributed by atoms with Crippen molar-refractivity contribution in [1.29, 1.82) is 0 Å². The number of pyridine rings is 1. The number of ether oxygens (including phenoxy) is 1. The molecule has 0 aliphatic carbocycles. The molecule has 1 aliphatic heterocycles. The van der Waals surface area contributed by atoms with Crippen molar-refractivity contribution in [2.24, 2.45) is 5.16 Å². The van der Waals surface area contributed by atoms with Gasteiger partial charge in [0, 0.05) is 23.8 Å². The molecule has 1 aliphatic rings. The first kappa shape index (κ1) is 15.3. The van der Waals surface area contributed by atoms with E-state index in [9.17, 15) is 9.60 Å². The fourth-order valence-corrected chi connectivity index (χ4v) is 2.37. The fourth-order valence-electron chi connectivity index (χ4n) is 2.37. The molecule has 0 radical (unpaired) electrons. The zero-order valence-corrected chi connectivity index (χ0v) is 13.0. The monoisotopic (exact) mass is 315 g/mol. The van der Waals surface area contributed by atoms with Crippen LogP contribution < -0.4 is 4.74 Å². The molecule has 120 valence electrons. The maximum Gasteiger partial charge on any atom is 0.225 e. The third-order valence-electron chi connectivity index (χ3n) is 3.79. The SMILES string of the molecule is Cc1ccc(/C(=N/O)N2CC2C)c(OCc2ccccc2F)n1. The Morgan fingerprint density at radius 3 is 2.78 bits per heavy atom. The molecule has 23 heavy (non-hydrogen) atoms. The number of hydrogen-bond donors (Lipinski definition) is 1. The smallest absolute Gasteiger partial charge is 0.225 e. The number of benzene rings is 1. The van der Waals surface area contributed by atoms with Gasteiger partial charge in [0.1, 0.15) is 12.4 Å². The Morgan fingerprint density at radius 1 is 1.39 bits per heavy atom. The number of aryl methyl sites for hydroxylation is 1. The van der Waals surface area contributed by atoms with Gasteiger partial charge >= 0.3 is 0 Å². The number of aromatic nitrogens is 1. The molecular weight excluding hydrogens is 297 g/mol. The van der Waals surface area contributed by atoms with Gasteiger partial charge in [-0.05, 0) is 32.0 Å². The zero-order chi connectivity index (χ0) is 16.4. The van der Waals surface area contributed by atoms with Crippen molar-refractivity contribution in [1.82, 2.24) is 9.88 Å². The summed E-state index contributed by atoms with van der Waals surface area (Å²) in [7, 11) is 0. The maximum atomic E-state index is 13.7. The molecule has 1 fully saturated rings. The molecule has 6 heteroatoms. The van der Waals surface area contributed by atoms with Crippen LogP contribution in [0.4, 0.5) is 4.39 Å². The lowest BCUT2D eigenvalue weighted by Crippen LogP contribution is -2.17. The van der Waals surface area contributed by atoms with E-state index < -0.39 is 0 Å². The van der Waals surface area contributed by atoms with Crippen LogP contribution in [0, 0.1) is 12.7 Å². The van der Waals surface area contributed by atoms with Crippen molar-refractivity contribution < 1.29 is 14.3 Å². The van der Waals surface area contributed by atoms with Gasteiger partial charge in [-0.1, -0.05) is 23.4 Å². The first-order valence-electron chi connectivity index (χ1n) is 7.43. The van der Waals surface area contributed by atoms with Gasteiger partial charge in [0.15, 0.2) is 5.84 Å². The topological polar surface area (TPSA) is 57.7 Å². The largest absolute Gasteiger partial charge is 0.472 e. The molecule has 0 saturated carbocycles. The fraction of sp³-hybridized carbons (Fsp3) is 0.294. The highest BCUT2D eigenvalue weighted by Gasteiger charge is 2.35. The standard InChI is InChI=1S/C17H18FN3O2/c1-11-7-8-14(16(20-22)21-9-12(21)2)17(19-11)23-10-13-5-3-4-6-15(13)18/h3-8,12,22H,9-10H2,1-2H3/b20-16-. The van der Waals surface area contributed by atoms with Crippen LogP contribution >= 0.6 is 0 Å². The number of amidine groups is 1. The second-order valence-corrected chi connectivity index (χ2v) is 5.61. The first-order valence-corrected chi connectivity index (χ1v) is 7.43. The van der Waals surface area contributed by atoms with E-state index in [2.05, 4.69) is 10.1 Å². The number of rotatable bonds is 4. The molecule has 0 spiro atoms. The quantitative estimate of drug-likeness (QED) is 0.310. The van der Waals surface area contributed by atoms with Crippen molar-refractivity contribution in [2.75, 3.05) is 6.54 Å². The van der Waals surface area contributed by atoms with E-state index >= 15 is 0 Å². The lowest BCUT2D eigenvalue weighted by atomic mass is 10.2. The number of hydrogen-bond acceptors (Lipinski definition) is 4. The summed E-state index contributed by atoms with van der Waals surface area (Å²) in [6, 6.07) is 10.4. The predicted molar refractivity (Wildman–Crippen MR) is 84.2 cm³/mol. The Balaban J connectivity index is 1.86. The van der Waals surface area contributed by atoms with E-state index in [4.69, 9.17) is 4.74 Å². The number of nitrogens with zero attached hydrogens (tertiary/aromatic N) is 3. The molecule has 1 atom stereocenters. The molecule has 1 unspecified atom stereocenters. The minimum absolute atomic E-state index is 0.0599. The number of oxime groups is 1. The molecule has 3 rings (SSSR count). The van der Waals surface area contributed by atoms with Gasteiger partial charge in [0.2, 0.25) is 5.88 Å². The maximum absolute atomic E-state index is 13.7. The summed E-state index contributed by atoms with van der Waals surface area (Å²) in [5.41, 5.74) is 1.82. The van der Waals surface area contributed by atoms with Gasteiger partial charge in [-0.2, -0.15) is 0 Å². The van der Waals surface area contributed by atoms with Crippen molar-refractivity contribution >= 4 is 5.84 Å². The molecule has 1 saturated heterocycles. The molecule has 2 aromatic rings. The highest BCUT2D eigenvalue weighted by Crippen LogP contribution is 2.26. The molecule has 2 heterocycles. The van der Waals surface area contributed by atoms with E-state index in [1.54, 1.807) is 24.3 Å². The highest BCUT2D eigenvalue weighted by atomic mass is 19.1. The zero-order valence-electron chi connectivity index (χ0n) is 13.0. The predicted octanol–water partition coefficient (Wildman–Crippen LogP) is 2.95. The molecule has 0 amide bonds. The van der Waals surface area contributed by atoms with E-state index in [0.29, 0.717) is 28.9 Å². The van der Waals surface area contributed by atoms with Gasteiger partial charge in [-0.25, -0.2) is 9.37 Å². The van der Waals surface area contributed by atoms with E-state index in [-0.39, 0.29) is 12.4 Å². The van der Waals surface area contributed by atoms with Crippen LogP contribution in [0.3, 0.4) is 0 Å². The third-order valence-corrected chi connectivity index (χ3v) is 3.79. The number of halogens is 1. The minimum atomic E-state index is -0.322. The molecule has 1 aromatic heterocycles. The average Bonchev–Trinajstić information content (AvgIpc) is 3.25. The van der Waals surface area contributed by atoms with Gasteiger partial charge < -0.3 is 14.8 Å². The van der Waals surface area contributed by atoms with E-state index in [1.807, 2.05) is 24.8 Å². The summed E-state index contributed by atoms with van der Waals surface area (Å²) >= 11 is 0. The Hall–Kier alpha value is -2.63. The normalized spacial score (nSPS) is 17.3. The first-order chi connectivity index (χ1) is 11.1. The van der Waals surface area contributed by atoms with Crippen molar-refractivity contribution in [3.63, 3.8) is 0 Å². The van der Waals surface area contributed by atoms with Crippen molar-refractivity contribution in [3.8, 4) is 5.88 Å². The summed E-state index contributed by atoms with van der Waals surface area (Å²) in [5.74, 6) is 0.436. The van der Waals surface area contributed by atoms with Crippen molar-refractivity contribution in [3.05, 3.63) is 59.0 Å². The van der Waals surface area contributed by atoms with Gasteiger partial charge in [0.25, 0.3) is 0 Å². The van der Waals surface area contributed by atoms with Gasteiger partial charge in [-0.3, -0.25) is 0 Å². The molecule has 1 aromatic carbocycles. The van der Waals surface area contributed by atoms with E-state index in [0.717, 1.165) is 12.2 Å². The molecule has 1 N–H and O–H groups in total. The van der Waals surface area contributed by atoms with Gasteiger partial charge in [-0.15, -0.1) is 0 Å². The van der Waals surface area contributed by atoms with Crippen LogP contribution in [0.2, 0.25) is 0 Å². The lowest BCUT2D eigenvalue weighted by Gasteiger charge is -2.13. The summed E-state index contributed by atoms with van der Waals surface area (Å²) in [6.07, 6.45) is 0. The second kappa shape index (κ2) is 6.24.